The van der Waals surface area contributed by atoms with Crippen molar-refractivity contribution in [1.82, 2.24) is 19.8 Å². The summed E-state index contributed by atoms with van der Waals surface area (Å²) in [6.07, 6.45) is 3.65. The van der Waals surface area contributed by atoms with E-state index in [0.29, 0.717) is 18.3 Å². The number of carbonyl (C=O) groups excluding carboxylic acids is 1. The summed E-state index contributed by atoms with van der Waals surface area (Å²) in [6.45, 7) is 4.55. The normalized spacial score (nSPS) is 20.2. The van der Waals surface area contributed by atoms with Crippen molar-refractivity contribution in [2.45, 2.75) is 32.2 Å². The van der Waals surface area contributed by atoms with Crippen LogP contribution in [0.3, 0.4) is 0 Å². The molecule has 2 heterocycles. The van der Waals surface area contributed by atoms with Gasteiger partial charge in [0.15, 0.2) is 5.69 Å². The van der Waals surface area contributed by atoms with Crippen molar-refractivity contribution in [3.63, 3.8) is 0 Å². The minimum Gasteiger partial charge on any atom is -0.336 e. The van der Waals surface area contributed by atoms with Gasteiger partial charge in [-0.3, -0.25) is 4.79 Å². The molecule has 1 atom stereocenters. The van der Waals surface area contributed by atoms with Crippen LogP contribution in [-0.2, 0) is 0 Å². The van der Waals surface area contributed by atoms with Crippen molar-refractivity contribution in [1.29, 1.82) is 0 Å². The van der Waals surface area contributed by atoms with Crippen LogP contribution in [0.4, 0.5) is 0 Å². The maximum absolute atomic E-state index is 12.1. The molecule has 1 aliphatic heterocycles. The van der Waals surface area contributed by atoms with E-state index < -0.39 is 0 Å². The molecule has 0 aliphatic carbocycles. The van der Waals surface area contributed by atoms with Gasteiger partial charge in [-0.1, -0.05) is 10.9 Å². The van der Waals surface area contributed by atoms with E-state index in [1.54, 1.807) is 5.38 Å². The van der Waals surface area contributed by atoms with Crippen LogP contribution in [0, 0.1) is 0 Å². The highest BCUT2D eigenvalue weighted by Gasteiger charge is 2.21. The monoisotopic (exact) mass is 254 g/mol. The van der Waals surface area contributed by atoms with E-state index in [9.17, 15) is 4.79 Å². The first-order valence-corrected chi connectivity index (χ1v) is 6.94. The maximum atomic E-state index is 12.1. The Kier molecular flexibility index (Phi) is 4.44. The topological polar surface area (TPSA) is 58.1 Å². The molecule has 1 amide bonds. The van der Waals surface area contributed by atoms with Gasteiger partial charge in [0.25, 0.3) is 5.91 Å². The van der Waals surface area contributed by atoms with Gasteiger partial charge in [-0.05, 0) is 37.8 Å². The summed E-state index contributed by atoms with van der Waals surface area (Å²) >= 11 is 1.22. The molecule has 0 radical (unpaired) electrons. The van der Waals surface area contributed by atoms with Gasteiger partial charge in [-0.15, -0.1) is 5.10 Å². The molecule has 2 rings (SSSR count). The van der Waals surface area contributed by atoms with Gasteiger partial charge >= 0.3 is 0 Å². The van der Waals surface area contributed by atoms with Crippen LogP contribution in [0.5, 0.6) is 0 Å². The predicted molar refractivity (Wildman–Crippen MR) is 67.1 cm³/mol. The predicted octanol–water partition coefficient (Wildman–Crippen LogP) is 1.14. The number of likely N-dealkylation sites (N-methyl/N-ethyl adjacent to an activating group) is 1. The number of carbonyl (C=O) groups is 1. The Labute approximate surface area is 105 Å². The Balaban J connectivity index is 1.93. The Bertz CT molecular complexity index is 348. The summed E-state index contributed by atoms with van der Waals surface area (Å²) in [6, 6.07) is 0.430. The van der Waals surface area contributed by atoms with E-state index in [1.165, 1.54) is 24.4 Å². The molecule has 0 saturated carbocycles. The fourth-order valence-electron chi connectivity index (χ4n) is 2.12. The first kappa shape index (κ1) is 12.4. The van der Waals surface area contributed by atoms with Crippen molar-refractivity contribution in [2.24, 2.45) is 0 Å². The number of amides is 1. The Morgan fingerprint density at radius 1 is 1.65 bits per heavy atom. The largest absolute Gasteiger partial charge is 0.336 e. The summed E-state index contributed by atoms with van der Waals surface area (Å²) in [5.74, 6) is -0.00590. The molecule has 1 aliphatic rings. The molecule has 6 heteroatoms. The van der Waals surface area contributed by atoms with Crippen LogP contribution < -0.4 is 5.32 Å². The zero-order valence-corrected chi connectivity index (χ0v) is 10.9. The molecular formula is C11H18N4OS. The Morgan fingerprint density at radius 3 is 3.12 bits per heavy atom. The van der Waals surface area contributed by atoms with Crippen molar-refractivity contribution in [2.75, 3.05) is 19.6 Å². The van der Waals surface area contributed by atoms with E-state index >= 15 is 0 Å². The lowest BCUT2D eigenvalue weighted by molar-refractivity contribution is 0.0735. The lowest BCUT2D eigenvalue weighted by atomic mass is 10.0. The van der Waals surface area contributed by atoms with Gasteiger partial charge in [-0.2, -0.15) is 0 Å². The SMILES string of the molecule is CCN(CC1CCCCN1)C(=O)c1csnn1. The van der Waals surface area contributed by atoms with E-state index in [0.717, 1.165) is 19.5 Å². The summed E-state index contributed by atoms with van der Waals surface area (Å²) in [7, 11) is 0. The van der Waals surface area contributed by atoms with Crippen LogP contribution >= 0.6 is 11.5 Å². The number of nitrogens with one attached hydrogen (secondary N) is 1. The van der Waals surface area contributed by atoms with Gasteiger partial charge in [0.1, 0.15) is 0 Å². The molecule has 1 N–H and O–H groups in total. The fraction of sp³-hybridized carbons (Fsp3) is 0.727. The third-order valence-electron chi connectivity index (χ3n) is 3.10. The van der Waals surface area contributed by atoms with Gasteiger partial charge in [-0.25, -0.2) is 0 Å². The van der Waals surface area contributed by atoms with Gasteiger partial charge in [0.05, 0.1) is 0 Å². The number of hydrogen-bond acceptors (Lipinski definition) is 5. The van der Waals surface area contributed by atoms with E-state index in [1.807, 2.05) is 11.8 Å². The Morgan fingerprint density at radius 2 is 2.53 bits per heavy atom. The first-order valence-electron chi connectivity index (χ1n) is 6.11. The maximum Gasteiger partial charge on any atom is 0.275 e. The van der Waals surface area contributed by atoms with Crippen LogP contribution in [0.15, 0.2) is 5.38 Å². The number of hydrogen-bond donors (Lipinski definition) is 1. The van der Waals surface area contributed by atoms with Crippen molar-refractivity contribution in [3.8, 4) is 0 Å². The smallest absolute Gasteiger partial charge is 0.275 e. The summed E-state index contributed by atoms with van der Waals surface area (Å²) in [5.41, 5.74) is 0.465. The molecule has 94 valence electrons. The van der Waals surface area contributed by atoms with Gasteiger partial charge < -0.3 is 10.2 Å². The van der Waals surface area contributed by atoms with E-state index in [-0.39, 0.29) is 5.91 Å². The van der Waals surface area contributed by atoms with Crippen molar-refractivity contribution >= 4 is 17.4 Å². The molecule has 0 aromatic carbocycles. The van der Waals surface area contributed by atoms with Crippen molar-refractivity contribution in [3.05, 3.63) is 11.1 Å². The quantitative estimate of drug-likeness (QED) is 0.875. The number of piperidine rings is 1. The second-order valence-electron chi connectivity index (χ2n) is 4.28. The van der Waals surface area contributed by atoms with Crippen LogP contribution in [0.2, 0.25) is 0 Å². The highest BCUT2D eigenvalue weighted by Crippen LogP contribution is 2.10. The standard InChI is InChI=1S/C11H18N4OS/c1-2-15(7-9-5-3-4-6-12-9)11(16)10-8-17-14-13-10/h8-9,12H,2-7H2,1H3. The number of nitrogens with zero attached hydrogens (tertiary/aromatic N) is 3. The lowest BCUT2D eigenvalue weighted by Crippen LogP contribution is -2.45. The average Bonchev–Trinajstić information content (AvgIpc) is 2.90. The molecule has 0 spiro atoms. The third kappa shape index (κ3) is 3.23. The van der Waals surface area contributed by atoms with Gasteiger partial charge in [0, 0.05) is 24.5 Å². The minimum atomic E-state index is -0.00590. The molecule has 5 nitrogen and oxygen atoms in total. The van der Waals surface area contributed by atoms with Crippen LogP contribution in [0.25, 0.3) is 0 Å². The highest BCUT2D eigenvalue weighted by molar-refractivity contribution is 7.03. The second kappa shape index (κ2) is 6.07. The van der Waals surface area contributed by atoms with Gasteiger partial charge in [0.2, 0.25) is 0 Å². The van der Waals surface area contributed by atoms with Crippen LogP contribution in [0.1, 0.15) is 36.7 Å². The lowest BCUT2D eigenvalue weighted by Gasteiger charge is -2.29. The van der Waals surface area contributed by atoms with E-state index in [4.69, 9.17) is 0 Å². The molecule has 1 saturated heterocycles. The molecule has 1 fully saturated rings. The zero-order chi connectivity index (χ0) is 12.1. The molecule has 17 heavy (non-hydrogen) atoms. The summed E-state index contributed by atoms with van der Waals surface area (Å²) in [5, 5.41) is 9.00. The molecule has 1 aromatic rings. The highest BCUT2D eigenvalue weighted by atomic mass is 32.1. The fourth-order valence-corrected chi connectivity index (χ4v) is 2.55. The average molecular weight is 254 g/mol. The molecule has 1 aromatic heterocycles. The molecule has 1 unspecified atom stereocenters. The third-order valence-corrected chi connectivity index (χ3v) is 3.61. The zero-order valence-electron chi connectivity index (χ0n) is 10.1. The number of rotatable bonds is 4. The van der Waals surface area contributed by atoms with E-state index in [2.05, 4.69) is 14.9 Å². The van der Waals surface area contributed by atoms with Crippen molar-refractivity contribution < 1.29 is 4.79 Å². The summed E-state index contributed by atoms with van der Waals surface area (Å²) < 4.78 is 3.74. The minimum absolute atomic E-state index is 0.00590. The second-order valence-corrected chi connectivity index (χ2v) is 4.89. The first-order chi connectivity index (χ1) is 8.31. The molecule has 0 bridgehead atoms. The molecular weight excluding hydrogens is 236 g/mol. The number of aromatic nitrogens is 2. The summed E-state index contributed by atoms with van der Waals surface area (Å²) in [4.78, 5) is 14.0. The van der Waals surface area contributed by atoms with Crippen LogP contribution in [-0.4, -0.2) is 46.1 Å². The Hall–Kier alpha value is -1.01.